The van der Waals surface area contributed by atoms with Crippen molar-refractivity contribution >= 4 is 5.97 Å². The first-order valence-electron chi connectivity index (χ1n) is 5.91. The lowest BCUT2D eigenvalue weighted by molar-refractivity contribution is -0.154. The smallest absolute Gasteiger partial charge is 0.309 e. The van der Waals surface area contributed by atoms with E-state index in [0.717, 1.165) is 25.7 Å². The highest BCUT2D eigenvalue weighted by Gasteiger charge is 2.42. The van der Waals surface area contributed by atoms with E-state index in [1.54, 1.807) is 0 Å². The third-order valence-corrected chi connectivity index (χ3v) is 3.78. The molecule has 1 aliphatic rings. The van der Waals surface area contributed by atoms with Gasteiger partial charge in [-0.05, 0) is 44.4 Å². The maximum atomic E-state index is 11.3. The van der Waals surface area contributed by atoms with Gasteiger partial charge >= 0.3 is 5.97 Å². The fourth-order valence-corrected chi connectivity index (χ4v) is 2.42. The lowest BCUT2D eigenvalue weighted by Gasteiger charge is -2.37. The van der Waals surface area contributed by atoms with Gasteiger partial charge in [0.2, 0.25) is 0 Å². The number of aliphatic carboxylic acids is 1. The molecule has 0 aromatic carbocycles. The molecule has 0 aromatic rings. The Kier molecular flexibility index (Phi) is 4.14. The summed E-state index contributed by atoms with van der Waals surface area (Å²) in [5, 5.41) is 18.9. The van der Waals surface area contributed by atoms with E-state index in [4.69, 9.17) is 0 Å². The fraction of sp³-hybridized carbons (Fsp3) is 0.917. The Morgan fingerprint density at radius 2 is 2.00 bits per heavy atom. The molecule has 0 bridgehead atoms. The van der Waals surface area contributed by atoms with Gasteiger partial charge in [-0.3, -0.25) is 4.79 Å². The minimum Gasteiger partial charge on any atom is -0.481 e. The molecule has 0 spiro atoms. The van der Waals surface area contributed by atoms with Gasteiger partial charge < -0.3 is 10.2 Å². The van der Waals surface area contributed by atoms with Gasteiger partial charge in [-0.25, -0.2) is 0 Å². The molecule has 3 nitrogen and oxygen atoms in total. The Morgan fingerprint density at radius 1 is 1.47 bits per heavy atom. The highest BCUT2D eigenvalue weighted by atomic mass is 16.4. The number of carbonyl (C=O) groups is 1. The molecule has 3 heteroatoms. The first-order valence-corrected chi connectivity index (χ1v) is 5.91. The van der Waals surface area contributed by atoms with Crippen molar-refractivity contribution in [1.82, 2.24) is 0 Å². The van der Waals surface area contributed by atoms with Crippen LogP contribution >= 0.6 is 0 Å². The molecule has 2 N–H and O–H groups in total. The Bertz CT molecular complexity index is 217. The summed E-state index contributed by atoms with van der Waals surface area (Å²) in [5.41, 5.74) is -0.651. The van der Waals surface area contributed by atoms with Crippen LogP contribution in [0.25, 0.3) is 0 Å². The summed E-state index contributed by atoms with van der Waals surface area (Å²) in [6, 6.07) is 0. The Labute approximate surface area is 91.5 Å². The van der Waals surface area contributed by atoms with Gasteiger partial charge in [-0.15, -0.1) is 0 Å². The van der Waals surface area contributed by atoms with Gasteiger partial charge in [0.05, 0.1) is 11.5 Å². The van der Waals surface area contributed by atoms with Crippen molar-refractivity contribution in [3.05, 3.63) is 0 Å². The largest absolute Gasteiger partial charge is 0.481 e. The monoisotopic (exact) mass is 214 g/mol. The van der Waals surface area contributed by atoms with Crippen LogP contribution in [-0.4, -0.2) is 22.3 Å². The van der Waals surface area contributed by atoms with Crippen molar-refractivity contribution in [3.8, 4) is 0 Å². The molecule has 1 saturated carbocycles. The van der Waals surface area contributed by atoms with Gasteiger partial charge in [-0.1, -0.05) is 13.8 Å². The second-order valence-corrected chi connectivity index (χ2v) is 5.03. The van der Waals surface area contributed by atoms with Crippen LogP contribution in [0.5, 0.6) is 0 Å². The minimum absolute atomic E-state index is 0.422. The molecule has 88 valence electrons. The maximum Gasteiger partial charge on any atom is 0.309 e. The normalized spacial score (nSPS) is 33.7. The van der Waals surface area contributed by atoms with E-state index in [-0.39, 0.29) is 0 Å². The molecule has 1 rings (SSSR count). The van der Waals surface area contributed by atoms with Crippen LogP contribution in [-0.2, 0) is 4.79 Å². The third kappa shape index (κ3) is 2.94. The predicted octanol–water partition coefficient (Wildman–Crippen LogP) is 2.43. The average molecular weight is 214 g/mol. The number of aliphatic hydroxyl groups excluding tert-OH is 1. The number of rotatable bonds is 4. The van der Waals surface area contributed by atoms with E-state index in [1.807, 2.05) is 6.92 Å². The summed E-state index contributed by atoms with van der Waals surface area (Å²) in [4.78, 5) is 11.3. The highest BCUT2D eigenvalue weighted by molar-refractivity contribution is 5.74. The SMILES string of the molecule is CCC(O)CC1(C(=O)O)CCC(C)CC1. The van der Waals surface area contributed by atoms with E-state index >= 15 is 0 Å². The van der Waals surface area contributed by atoms with E-state index in [0.29, 0.717) is 18.8 Å². The van der Waals surface area contributed by atoms with Crippen LogP contribution in [0.3, 0.4) is 0 Å². The van der Waals surface area contributed by atoms with Gasteiger partial charge in [0.15, 0.2) is 0 Å². The second kappa shape index (κ2) is 4.97. The zero-order valence-corrected chi connectivity index (χ0v) is 9.70. The molecule has 0 heterocycles. The molecule has 1 aliphatic carbocycles. The van der Waals surface area contributed by atoms with Crippen LogP contribution < -0.4 is 0 Å². The highest BCUT2D eigenvalue weighted by Crippen LogP contribution is 2.42. The molecule has 0 aromatic heterocycles. The second-order valence-electron chi connectivity index (χ2n) is 5.03. The molecule has 0 saturated heterocycles. The van der Waals surface area contributed by atoms with Crippen molar-refractivity contribution in [3.63, 3.8) is 0 Å². The van der Waals surface area contributed by atoms with Crippen molar-refractivity contribution < 1.29 is 15.0 Å². The summed E-state index contributed by atoms with van der Waals surface area (Å²) in [7, 11) is 0. The van der Waals surface area contributed by atoms with Gasteiger partial charge in [0, 0.05) is 0 Å². The van der Waals surface area contributed by atoms with Crippen LogP contribution in [0.15, 0.2) is 0 Å². The summed E-state index contributed by atoms with van der Waals surface area (Å²) >= 11 is 0. The van der Waals surface area contributed by atoms with Crippen molar-refractivity contribution in [2.24, 2.45) is 11.3 Å². The number of carboxylic acids is 1. The quantitative estimate of drug-likeness (QED) is 0.755. The van der Waals surface area contributed by atoms with Gasteiger partial charge in [-0.2, -0.15) is 0 Å². The maximum absolute atomic E-state index is 11.3. The lowest BCUT2D eigenvalue weighted by Crippen LogP contribution is -2.38. The minimum atomic E-state index is -0.720. The Balaban J connectivity index is 2.67. The molecule has 1 unspecified atom stereocenters. The number of aliphatic hydroxyl groups is 1. The molecule has 1 fully saturated rings. The summed E-state index contributed by atoms with van der Waals surface area (Å²) < 4.78 is 0. The van der Waals surface area contributed by atoms with E-state index in [1.165, 1.54) is 0 Å². The van der Waals surface area contributed by atoms with Crippen LogP contribution in [0, 0.1) is 11.3 Å². The fourth-order valence-electron chi connectivity index (χ4n) is 2.42. The van der Waals surface area contributed by atoms with Crippen molar-refractivity contribution in [2.45, 2.75) is 58.5 Å². The van der Waals surface area contributed by atoms with Crippen molar-refractivity contribution in [1.29, 1.82) is 0 Å². The van der Waals surface area contributed by atoms with E-state index in [9.17, 15) is 15.0 Å². The molecule has 0 aliphatic heterocycles. The van der Waals surface area contributed by atoms with E-state index in [2.05, 4.69) is 6.92 Å². The first kappa shape index (κ1) is 12.5. The molecule has 0 radical (unpaired) electrons. The van der Waals surface area contributed by atoms with Crippen LogP contribution in [0.4, 0.5) is 0 Å². The zero-order chi connectivity index (χ0) is 11.5. The molecule has 0 amide bonds. The number of hydrogen-bond acceptors (Lipinski definition) is 2. The standard InChI is InChI=1S/C12H22O3/c1-3-10(13)8-12(11(14)15)6-4-9(2)5-7-12/h9-10,13H,3-8H2,1-2H3,(H,14,15). The van der Waals surface area contributed by atoms with Gasteiger partial charge in [0.1, 0.15) is 0 Å². The molecular weight excluding hydrogens is 192 g/mol. The first-order chi connectivity index (χ1) is 7.00. The Hall–Kier alpha value is -0.570. The van der Waals surface area contributed by atoms with Crippen molar-refractivity contribution in [2.75, 3.05) is 0 Å². The predicted molar refractivity (Wildman–Crippen MR) is 58.6 cm³/mol. The summed E-state index contributed by atoms with van der Waals surface area (Å²) in [6.45, 7) is 4.06. The van der Waals surface area contributed by atoms with Crippen LogP contribution in [0.1, 0.15) is 52.4 Å². The number of carboxylic acid groups (broad SMARTS) is 1. The Morgan fingerprint density at radius 3 is 2.40 bits per heavy atom. The third-order valence-electron chi connectivity index (χ3n) is 3.78. The van der Waals surface area contributed by atoms with Gasteiger partial charge in [0.25, 0.3) is 0 Å². The topological polar surface area (TPSA) is 57.5 Å². The summed E-state index contributed by atoms with van der Waals surface area (Å²) in [5.74, 6) is -0.0851. The molecule has 1 atom stereocenters. The lowest BCUT2D eigenvalue weighted by atomic mass is 9.68. The van der Waals surface area contributed by atoms with E-state index < -0.39 is 17.5 Å². The average Bonchev–Trinajstić information content (AvgIpc) is 2.21. The zero-order valence-electron chi connectivity index (χ0n) is 9.70. The number of hydrogen-bond donors (Lipinski definition) is 2. The molecule has 15 heavy (non-hydrogen) atoms. The molecular formula is C12H22O3. The summed E-state index contributed by atoms with van der Waals surface area (Å²) in [6.07, 6.45) is 4.00. The van der Waals surface area contributed by atoms with Crippen LogP contribution in [0.2, 0.25) is 0 Å².